The normalized spacial score (nSPS) is 18.1. The topological polar surface area (TPSA) is 41.6 Å². The van der Waals surface area contributed by atoms with Gasteiger partial charge in [0.05, 0.1) is 0 Å². The third-order valence-corrected chi connectivity index (χ3v) is 5.79. The highest BCUT2D eigenvalue weighted by atomic mass is 35.5. The molecule has 27 heavy (non-hydrogen) atoms. The van der Waals surface area contributed by atoms with E-state index in [1.807, 2.05) is 59.5 Å². The van der Waals surface area contributed by atoms with E-state index < -0.39 is 0 Å². The standard InChI is InChI=1S/C22H26N2O2.ClH/c25-21(24-14-11-22(12-15-24)10-13-23-17-22)19-6-8-20(9-7-19)26-16-18-4-2-1-3-5-18;/h1-9,23H,10-17H2;1H. The summed E-state index contributed by atoms with van der Waals surface area (Å²) in [7, 11) is 0. The van der Waals surface area contributed by atoms with Crippen LogP contribution >= 0.6 is 12.4 Å². The fourth-order valence-corrected chi connectivity index (χ4v) is 4.02. The highest BCUT2D eigenvalue weighted by Gasteiger charge is 2.38. The van der Waals surface area contributed by atoms with Crippen LogP contribution in [-0.2, 0) is 6.61 Å². The Labute approximate surface area is 167 Å². The quantitative estimate of drug-likeness (QED) is 0.866. The number of nitrogens with zero attached hydrogens (tertiary/aromatic N) is 1. The Bertz CT molecular complexity index is 733. The van der Waals surface area contributed by atoms with Crippen molar-refractivity contribution < 1.29 is 9.53 Å². The van der Waals surface area contributed by atoms with E-state index in [1.165, 1.54) is 6.42 Å². The molecule has 4 rings (SSSR count). The molecule has 2 saturated heterocycles. The van der Waals surface area contributed by atoms with Gasteiger partial charge in [-0.1, -0.05) is 30.3 Å². The summed E-state index contributed by atoms with van der Waals surface area (Å²) in [5, 5.41) is 3.47. The number of amides is 1. The Balaban J connectivity index is 0.00000210. The van der Waals surface area contributed by atoms with Crippen LogP contribution in [0.1, 0.15) is 35.2 Å². The number of halogens is 1. The van der Waals surface area contributed by atoms with Crippen LogP contribution in [0, 0.1) is 5.41 Å². The van der Waals surface area contributed by atoms with E-state index in [-0.39, 0.29) is 18.3 Å². The lowest BCUT2D eigenvalue weighted by atomic mass is 9.78. The molecular weight excluding hydrogens is 360 g/mol. The minimum absolute atomic E-state index is 0. The molecule has 0 aromatic heterocycles. The van der Waals surface area contributed by atoms with Crippen molar-refractivity contribution in [1.29, 1.82) is 0 Å². The molecule has 5 heteroatoms. The van der Waals surface area contributed by atoms with Crippen molar-refractivity contribution in [2.45, 2.75) is 25.9 Å². The van der Waals surface area contributed by atoms with Crippen LogP contribution in [-0.4, -0.2) is 37.0 Å². The monoisotopic (exact) mass is 386 g/mol. The highest BCUT2D eigenvalue weighted by Crippen LogP contribution is 2.37. The van der Waals surface area contributed by atoms with Gasteiger partial charge in [0.2, 0.25) is 0 Å². The molecule has 2 aromatic carbocycles. The highest BCUT2D eigenvalue weighted by molar-refractivity contribution is 5.94. The minimum atomic E-state index is 0. The molecule has 0 unspecified atom stereocenters. The van der Waals surface area contributed by atoms with Crippen LogP contribution < -0.4 is 10.1 Å². The summed E-state index contributed by atoms with van der Waals surface area (Å²) in [6.45, 7) is 4.51. The first kappa shape index (κ1) is 19.7. The number of ether oxygens (including phenoxy) is 1. The molecule has 2 heterocycles. The van der Waals surface area contributed by atoms with Crippen molar-refractivity contribution in [3.63, 3.8) is 0 Å². The smallest absolute Gasteiger partial charge is 0.253 e. The van der Waals surface area contributed by atoms with E-state index in [2.05, 4.69) is 5.32 Å². The summed E-state index contributed by atoms with van der Waals surface area (Å²) in [6.07, 6.45) is 3.48. The number of likely N-dealkylation sites (tertiary alicyclic amines) is 1. The maximum Gasteiger partial charge on any atom is 0.253 e. The molecule has 0 radical (unpaired) electrons. The second-order valence-electron chi connectivity index (χ2n) is 7.52. The SMILES string of the molecule is Cl.O=C(c1ccc(OCc2ccccc2)cc1)N1CCC2(CCNC2)CC1. The van der Waals surface area contributed by atoms with Crippen LogP contribution in [0.5, 0.6) is 5.75 Å². The molecule has 1 N–H and O–H groups in total. The van der Waals surface area contributed by atoms with Gasteiger partial charge in [0.25, 0.3) is 5.91 Å². The van der Waals surface area contributed by atoms with Gasteiger partial charge in [0.15, 0.2) is 0 Å². The van der Waals surface area contributed by atoms with Gasteiger partial charge in [-0.15, -0.1) is 12.4 Å². The van der Waals surface area contributed by atoms with E-state index >= 15 is 0 Å². The molecule has 4 nitrogen and oxygen atoms in total. The Hall–Kier alpha value is -2.04. The largest absolute Gasteiger partial charge is 0.489 e. The summed E-state index contributed by atoms with van der Waals surface area (Å²) in [4.78, 5) is 14.8. The molecule has 0 aliphatic carbocycles. The van der Waals surface area contributed by atoms with Crippen LogP contribution in [0.2, 0.25) is 0 Å². The van der Waals surface area contributed by atoms with E-state index in [1.54, 1.807) is 0 Å². The number of carbonyl (C=O) groups excluding carboxylic acids is 1. The van der Waals surface area contributed by atoms with Crippen LogP contribution in [0.25, 0.3) is 0 Å². The first-order chi connectivity index (χ1) is 12.7. The molecule has 1 spiro atoms. The molecule has 1 amide bonds. The Morgan fingerprint density at radius 3 is 2.33 bits per heavy atom. The van der Waals surface area contributed by atoms with E-state index in [9.17, 15) is 4.79 Å². The number of nitrogens with one attached hydrogen (secondary N) is 1. The van der Waals surface area contributed by atoms with Gasteiger partial charge in [-0.2, -0.15) is 0 Å². The summed E-state index contributed by atoms with van der Waals surface area (Å²) >= 11 is 0. The van der Waals surface area contributed by atoms with Crippen LogP contribution in [0.15, 0.2) is 54.6 Å². The minimum Gasteiger partial charge on any atom is -0.489 e. The van der Waals surface area contributed by atoms with Crippen molar-refractivity contribution >= 4 is 18.3 Å². The molecule has 2 aliphatic rings. The lowest BCUT2D eigenvalue weighted by Gasteiger charge is -2.38. The zero-order valence-electron chi connectivity index (χ0n) is 15.5. The third kappa shape index (κ3) is 4.63. The molecular formula is C22H27ClN2O2. The number of benzene rings is 2. The fourth-order valence-electron chi connectivity index (χ4n) is 4.02. The number of rotatable bonds is 4. The third-order valence-electron chi connectivity index (χ3n) is 5.79. The molecule has 144 valence electrons. The first-order valence-corrected chi connectivity index (χ1v) is 9.51. The maximum atomic E-state index is 12.8. The molecule has 2 aliphatic heterocycles. The Morgan fingerprint density at radius 1 is 1.00 bits per heavy atom. The predicted molar refractivity (Wildman–Crippen MR) is 110 cm³/mol. The van der Waals surface area contributed by atoms with Crippen molar-refractivity contribution in [3.8, 4) is 5.75 Å². The molecule has 0 saturated carbocycles. The fraction of sp³-hybridized carbons (Fsp3) is 0.409. The number of hydrogen-bond donors (Lipinski definition) is 1. The molecule has 2 aromatic rings. The lowest BCUT2D eigenvalue weighted by Crippen LogP contribution is -2.44. The van der Waals surface area contributed by atoms with Gasteiger partial charge in [-0.3, -0.25) is 4.79 Å². The maximum absolute atomic E-state index is 12.8. The van der Waals surface area contributed by atoms with Crippen LogP contribution in [0.3, 0.4) is 0 Å². The Kier molecular flexibility index (Phi) is 6.40. The summed E-state index contributed by atoms with van der Waals surface area (Å²) in [5.41, 5.74) is 2.32. The van der Waals surface area contributed by atoms with Crippen LogP contribution in [0.4, 0.5) is 0 Å². The van der Waals surface area contributed by atoms with E-state index in [4.69, 9.17) is 4.74 Å². The second kappa shape index (κ2) is 8.77. The number of carbonyl (C=O) groups is 1. The van der Waals surface area contributed by atoms with Gasteiger partial charge in [0.1, 0.15) is 12.4 Å². The van der Waals surface area contributed by atoms with Crippen molar-refractivity contribution in [2.75, 3.05) is 26.2 Å². The number of piperidine rings is 1. The lowest BCUT2D eigenvalue weighted by molar-refractivity contribution is 0.0607. The van der Waals surface area contributed by atoms with Gasteiger partial charge < -0.3 is 15.0 Å². The van der Waals surface area contributed by atoms with E-state index in [0.29, 0.717) is 12.0 Å². The first-order valence-electron chi connectivity index (χ1n) is 9.51. The molecule has 2 fully saturated rings. The summed E-state index contributed by atoms with van der Waals surface area (Å²) in [5.74, 6) is 0.931. The zero-order valence-corrected chi connectivity index (χ0v) is 16.3. The van der Waals surface area contributed by atoms with Crippen molar-refractivity contribution in [2.24, 2.45) is 5.41 Å². The van der Waals surface area contributed by atoms with Gasteiger partial charge >= 0.3 is 0 Å². The predicted octanol–water partition coefficient (Wildman–Crippen LogP) is 3.90. The van der Waals surface area contributed by atoms with Gasteiger partial charge in [-0.05, 0) is 61.1 Å². The zero-order chi connectivity index (χ0) is 17.8. The van der Waals surface area contributed by atoms with Gasteiger partial charge in [-0.25, -0.2) is 0 Å². The number of hydrogen-bond acceptors (Lipinski definition) is 3. The van der Waals surface area contributed by atoms with Gasteiger partial charge in [0, 0.05) is 25.2 Å². The van der Waals surface area contributed by atoms with Crippen molar-refractivity contribution in [3.05, 3.63) is 65.7 Å². The van der Waals surface area contributed by atoms with E-state index in [0.717, 1.165) is 55.9 Å². The summed E-state index contributed by atoms with van der Waals surface area (Å²) in [6, 6.07) is 17.6. The molecule has 0 bridgehead atoms. The summed E-state index contributed by atoms with van der Waals surface area (Å²) < 4.78 is 5.80. The average molecular weight is 387 g/mol. The molecule has 0 atom stereocenters. The second-order valence-corrected chi connectivity index (χ2v) is 7.52. The van der Waals surface area contributed by atoms with Crippen molar-refractivity contribution in [1.82, 2.24) is 10.2 Å². The Morgan fingerprint density at radius 2 is 1.70 bits per heavy atom. The average Bonchev–Trinajstić information content (AvgIpc) is 3.16.